The van der Waals surface area contributed by atoms with Crippen LogP contribution in [0.25, 0.3) is 0 Å². The molecule has 1 fully saturated rings. The Kier molecular flexibility index (Phi) is 6.81. The number of aliphatic hydroxyl groups excluding tert-OH is 1. The van der Waals surface area contributed by atoms with Crippen LogP contribution in [0.3, 0.4) is 0 Å². The van der Waals surface area contributed by atoms with E-state index in [0.29, 0.717) is 13.2 Å². The minimum absolute atomic E-state index is 0.323. The van der Waals surface area contributed by atoms with Crippen molar-refractivity contribution in [3.8, 4) is 11.5 Å². The molecule has 1 aliphatic rings. The largest absolute Gasteiger partial charge is 0.497 e. The molecule has 2 aromatic carbocycles. The van der Waals surface area contributed by atoms with Gasteiger partial charge in [-0.05, 0) is 61.7 Å². The molecule has 0 saturated carbocycles. The molecule has 152 valence electrons. The van der Waals surface area contributed by atoms with Gasteiger partial charge in [0.1, 0.15) is 24.2 Å². The Morgan fingerprint density at radius 2 is 1.57 bits per heavy atom. The maximum Gasteiger partial charge on any atom is 0.125 e. The van der Waals surface area contributed by atoms with Crippen LogP contribution in [-0.2, 0) is 0 Å². The third-order valence-electron chi connectivity index (χ3n) is 5.57. The predicted octanol–water partition coefficient (Wildman–Crippen LogP) is 3.18. The summed E-state index contributed by atoms with van der Waals surface area (Å²) in [6.45, 7) is 10.9. The standard InChI is InChI=1S/C23H32N2O3/c1-17-5-6-18(2)23(19(17)3)28-16-21(26)15-24-11-13-25(14-12-24)20-7-9-22(27-4)10-8-20/h5-10,21,26H,11-16H2,1-4H3. The van der Waals surface area contributed by atoms with Gasteiger partial charge in [-0.1, -0.05) is 12.1 Å². The van der Waals surface area contributed by atoms with Crippen molar-refractivity contribution < 1.29 is 14.6 Å². The number of hydrogen-bond acceptors (Lipinski definition) is 5. The van der Waals surface area contributed by atoms with E-state index in [1.165, 1.54) is 11.3 Å². The molecule has 0 spiro atoms. The monoisotopic (exact) mass is 384 g/mol. The highest BCUT2D eigenvalue weighted by Gasteiger charge is 2.20. The molecule has 0 amide bonds. The molecule has 3 rings (SSSR count). The smallest absolute Gasteiger partial charge is 0.125 e. The molecule has 1 saturated heterocycles. The quantitative estimate of drug-likeness (QED) is 0.794. The van der Waals surface area contributed by atoms with E-state index in [4.69, 9.17) is 9.47 Å². The summed E-state index contributed by atoms with van der Waals surface area (Å²) in [4.78, 5) is 4.68. The molecule has 0 radical (unpaired) electrons. The summed E-state index contributed by atoms with van der Waals surface area (Å²) in [6.07, 6.45) is -0.494. The molecule has 1 unspecified atom stereocenters. The van der Waals surface area contributed by atoms with E-state index in [9.17, 15) is 5.11 Å². The molecule has 0 aromatic heterocycles. The lowest BCUT2D eigenvalue weighted by atomic mass is 10.1. The maximum absolute atomic E-state index is 10.5. The summed E-state index contributed by atoms with van der Waals surface area (Å²) >= 11 is 0. The van der Waals surface area contributed by atoms with Crippen molar-refractivity contribution in [2.75, 3.05) is 51.3 Å². The Balaban J connectivity index is 1.46. The number of nitrogens with zero attached hydrogens (tertiary/aromatic N) is 2. The first-order valence-electron chi connectivity index (χ1n) is 9.97. The summed E-state index contributed by atoms with van der Waals surface area (Å²) in [5, 5.41) is 10.5. The number of aliphatic hydroxyl groups is 1. The Bertz CT molecular complexity index is 768. The highest BCUT2D eigenvalue weighted by Crippen LogP contribution is 2.26. The fourth-order valence-electron chi connectivity index (χ4n) is 3.66. The fraction of sp³-hybridized carbons (Fsp3) is 0.478. The molecule has 2 aromatic rings. The van der Waals surface area contributed by atoms with Crippen LogP contribution in [0.4, 0.5) is 5.69 Å². The number of hydrogen-bond donors (Lipinski definition) is 1. The molecule has 1 heterocycles. The van der Waals surface area contributed by atoms with E-state index >= 15 is 0 Å². The second kappa shape index (κ2) is 9.30. The van der Waals surface area contributed by atoms with Gasteiger partial charge in [0.05, 0.1) is 7.11 Å². The van der Waals surface area contributed by atoms with E-state index in [1.54, 1.807) is 7.11 Å². The van der Waals surface area contributed by atoms with E-state index in [0.717, 1.165) is 48.8 Å². The van der Waals surface area contributed by atoms with E-state index in [1.807, 2.05) is 19.1 Å². The van der Waals surface area contributed by atoms with Crippen LogP contribution in [0, 0.1) is 20.8 Å². The number of methoxy groups -OCH3 is 1. The van der Waals surface area contributed by atoms with Crippen molar-refractivity contribution in [2.24, 2.45) is 0 Å². The SMILES string of the molecule is COc1ccc(N2CCN(CC(O)COc3c(C)ccc(C)c3C)CC2)cc1. The van der Waals surface area contributed by atoms with Crippen molar-refractivity contribution in [1.29, 1.82) is 0 Å². The molecule has 1 N–H and O–H groups in total. The van der Waals surface area contributed by atoms with E-state index in [2.05, 4.69) is 47.9 Å². The van der Waals surface area contributed by atoms with Gasteiger partial charge in [-0.25, -0.2) is 0 Å². The number of β-amino-alcohol motifs (C(OH)–C–C–N with tert-alkyl or cyclic N) is 1. The molecule has 0 bridgehead atoms. The first-order valence-corrected chi connectivity index (χ1v) is 9.97. The van der Waals surface area contributed by atoms with Crippen LogP contribution < -0.4 is 14.4 Å². The molecular weight excluding hydrogens is 352 g/mol. The van der Waals surface area contributed by atoms with E-state index < -0.39 is 6.10 Å². The van der Waals surface area contributed by atoms with Crippen LogP contribution >= 0.6 is 0 Å². The highest BCUT2D eigenvalue weighted by atomic mass is 16.5. The van der Waals surface area contributed by atoms with Gasteiger partial charge in [0.2, 0.25) is 0 Å². The van der Waals surface area contributed by atoms with Crippen molar-refractivity contribution in [3.63, 3.8) is 0 Å². The van der Waals surface area contributed by atoms with Gasteiger partial charge in [-0.2, -0.15) is 0 Å². The third-order valence-corrected chi connectivity index (χ3v) is 5.57. The Morgan fingerprint density at radius 1 is 0.929 bits per heavy atom. The van der Waals surface area contributed by atoms with E-state index in [-0.39, 0.29) is 0 Å². The van der Waals surface area contributed by atoms with Gasteiger partial charge in [-0.15, -0.1) is 0 Å². The summed E-state index contributed by atoms with van der Waals surface area (Å²) in [5.41, 5.74) is 4.70. The predicted molar refractivity (Wildman–Crippen MR) is 114 cm³/mol. The van der Waals surface area contributed by atoms with Gasteiger partial charge in [0.15, 0.2) is 0 Å². The Hall–Kier alpha value is -2.24. The zero-order valence-corrected chi connectivity index (χ0v) is 17.4. The highest BCUT2D eigenvalue weighted by molar-refractivity contribution is 5.49. The summed E-state index contributed by atoms with van der Waals surface area (Å²) in [6, 6.07) is 12.4. The van der Waals surface area contributed by atoms with Crippen LogP contribution in [0.2, 0.25) is 0 Å². The van der Waals surface area contributed by atoms with Crippen molar-refractivity contribution in [2.45, 2.75) is 26.9 Å². The Morgan fingerprint density at radius 3 is 2.21 bits per heavy atom. The van der Waals surface area contributed by atoms with Crippen molar-refractivity contribution in [3.05, 3.63) is 53.1 Å². The second-order valence-corrected chi connectivity index (χ2v) is 7.60. The minimum Gasteiger partial charge on any atom is -0.497 e. The number of piperazine rings is 1. The molecule has 5 nitrogen and oxygen atoms in total. The molecule has 5 heteroatoms. The number of ether oxygens (including phenoxy) is 2. The first kappa shape index (κ1) is 20.5. The molecule has 1 atom stereocenters. The lowest BCUT2D eigenvalue weighted by molar-refractivity contribution is 0.0658. The zero-order valence-electron chi connectivity index (χ0n) is 17.4. The molecular formula is C23H32N2O3. The average Bonchev–Trinajstić information content (AvgIpc) is 2.71. The number of anilines is 1. The van der Waals surface area contributed by atoms with Gasteiger partial charge >= 0.3 is 0 Å². The number of rotatable bonds is 7. The average molecular weight is 385 g/mol. The normalized spacial score (nSPS) is 16.1. The first-order chi connectivity index (χ1) is 13.5. The van der Waals surface area contributed by atoms with Gasteiger partial charge < -0.3 is 19.5 Å². The summed E-state index contributed by atoms with van der Waals surface area (Å²) in [5.74, 6) is 1.79. The molecule has 1 aliphatic heterocycles. The summed E-state index contributed by atoms with van der Waals surface area (Å²) < 4.78 is 11.2. The molecule has 0 aliphatic carbocycles. The van der Waals surface area contributed by atoms with Gasteiger partial charge in [0.25, 0.3) is 0 Å². The Labute approximate surface area is 168 Å². The topological polar surface area (TPSA) is 45.2 Å². The van der Waals surface area contributed by atoms with Crippen molar-refractivity contribution in [1.82, 2.24) is 4.90 Å². The van der Waals surface area contributed by atoms with Gasteiger partial charge in [-0.3, -0.25) is 4.90 Å². The number of benzene rings is 2. The van der Waals surface area contributed by atoms with Crippen molar-refractivity contribution >= 4 is 5.69 Å². The van der Waals surface area contributed by atoms with Gasteiger partial charge in [0, 0.05) is 38.4 Å². The minimum atomic E-state index is -0.494. The van der Waals surface area contributed by atoms with Crippen LogP contribution in [-0.4, -0.2) is 62.6 Å². The zero-order chi connectivity index (χ0) is 20.1. The third kappa shape index (κ3) is 4.97. The van der Waals surface area contributed by atoms with Crippen LogP contribution in [0.15, 0.2) is 36.4 Å². The molecule has 28 heavy (non-hydrogen) atoms. The lowest BCUT2D eigenvalue weighted by Gasteiger charge is -2.37. The second-order valence-electron chi connectivity index (χ2n) is 7.60. The number of aryl methyl sites for hydroxylation is 2. The maximum atomic E-state index is 10.5. The van der Waals surface area contributed by atoms with Crippen LogP contribution in [0.1, 0.15) is 16.7 Å². The fourth-order valence-corrected chi connectivity index (χ4v) is 3.66. The van der Waals surface area contributed by atoms with Crippen LogP contribution in [0.5, 0.6) is 11.5 Å². The summed E-state index contributed by atoms with van der Waals surface area (Å²) in [7, 11) is 1.68. The lowest BCUT2D eigenvalue weighted by Crippen LogP contribution is -2.49.